The minimum Gasteiger partial charge on any atom is -0.356 e. The zero-order chi connectivity index (χ0) is 24.5. The molecule has 1 N–H and O–H groups in total. The summed E-state index contributed by atoms with van der Waals surface area (Å²) < 4.78 is 2.66. The number of pyridine rings is 1. The number of carbonyl (C=O) groups excluding carboxylic acids is 1. The Morgan fingerprint density at radius 3 is 2.60 bits per heavy atom. The zero-order valence-corrected chi connectivity index (χ0v) is 21.6. The van der Waals surface area contributed by atoms with Gasteiger partial charge in [0.2, 0.25) is 5.91 Å². The van der Waals surface area contributed by atoms with Gasteiger partial charge in [-0.25, -0.2) is 0 Å². The van der Waals surface area contributed by atoms with E-state index in [4.69, 9.17) is 12.2 Å². The number of anilines is 1. The Morgan fingerprint density at radius 2 is 1.83 bits per heavy atom. The maximum absolute atomic E-state index is 13.5. The van der Waals surface area contributed by atoms with Crippen LogP contribution in [-0.2, 0) is 11.3 Å². The summed E-state index contributed by atoms with van der Waals surface area (Å²) in [6, 6.07) is 21.4. The Bertz CT molecular complexity index is 1320. The summed E-state index contributed by atoms with van der Waals surface area (Å²) in [6.45, 7) is 6.36. The maximum atomic E-state index is 13.5. The van der Waals surface area contributed by atoms with Crippen molar-refractivity contribution in [3.05, 3.63) is 99.5 Å². The summed E-state index contributed by atoms with van der Waals surface area (Å²) in [4.78, 5) is 28.1. The number of nitrogens with zero attached hydrogens (tertiary/aromatic N) is 2. The highest BCUT2D eigenvalue weighted by Crippen LogP contribution is 2.39. The molecule has 1 amide bonds. The van der Waals surface area contributed by atoms with Crippen molar-refractivity contribution in [2.75, 3.05) is 18.4 Å². The van der Waals surface area contributed by atoms with Crippen LogP contribution in [0.2, 0.25) is 0 Å². The molecule has 7 heteroatoms. The molecule has 180 valence electrons. The normalized spacial score (nSPS) is 19.5. The molecule has 5 nitrogen and oxygen atoms in total. The number of piperidine rings is 1. The average molecular weight is 504 g/mol. The first-order chi connectivity index (χ1) is 16.9. The van der Waals surface area contributed by atoms with Gasteiger partial charge in [0.05, 0.1) is 0 Å². The molecule has 1 aromatic heterocycles. The van der Waals surface area contributed by atoms with E-state index in [1.807, 2.05) is 66.9 Å². The van der Waals surface area contributed by atoms with Gasteiger partial charge in [-0.3, -0.25) is 9.59 Å². The van der Waals surface area contributed by atoms with Crippen molar-refractivity contribution in [2.45, 2.75) is 38.0 Å². The summed E-state index contributed by atoms with van der Waals surface area (Å²) in [5.74, 6) is 0.567. The second-order valence-corrected chi connectivity index (χ2v) is 11.3. The summed E-state index contributed by atoms with van der Waals surface area (Å²) in [5, 5.41) is 2.67. The second kappa shape index (κ2) is 9.99. The Kier molecular flexibility index (Phi) is 6.80. The molecular formula is C28H29N3O2S2. The minimum absolute atomic E-state index is 0.0785. The van der Waals surface area contributed by atoms with E-state index < -0.39 is 5.25 Å². The lowest BCUT2D eigenvalue weighted by molar-refractivity contribution is -0.115. The van der Waals surface area contributed by atoms with Crippen molar-refractivity contribution in [3.63, 3.8) is 0 Å². The lowest BCUT2D eigenvalue weighted by Gasteiger charge is -2.43. The van der Waals surface area contributed by atoms with Crippen LogP contribution in [0.3, 0.4) is 0 Å². The predicted molar refractivity (Wildman–Crippen MR) is 147 cm³/mol. The van der Waals surface area contributed by atoms with Crippen LogP contribution in [0.5, 0.6) is 0 Å². The molecule has 3 atom stereocenters. The van der Waals surface area contributed by atoms with Crippen molar-refractivity contribution in [3.8, 4) is 0 Å². The number of carbonyl (C=O) groups is 1. The van der Waals surface area contributed by atoms with Crippen LogP contribution >= 0.6 is 24.0 Å². The van der Waals surface area contributed by atoms with Gasteiger partial charge in [-0.1, -0.05) is 78.1 Å². The predicted octanol–water partition coefficient (Wildman–Crippen LogP) is 5.28. The molecule has 1 saturated heterocycles. The molecule has 35 heavy (non-hydrogen) atoms. The number of thioether (sulfide) groups is 1. The first-order valence-corrected chi connectivity index (χ1v) is 13.3. The Morgan fingerprint density at radius 1 is 1.03 bits per heavy atom. The second-order valence-electron chi connectivity index (χ2n) is 9.59. The minimum atomic E-state index is -0.457. The molecule has 3 aromatic rings. The lowest BCUT2D eigenvalue weighted by Crippen LogP contribution is -2.48. The average Bonchev–Trinajstić information content (AvgIpc) is 2.85. The van der Waals surface area contributed by atoms with Gasteiger partial charge in [-0.05, 0) is 49.4 Å². The fourth-order valence-electron chi connectivity index (χ4n) is 5.27. The highest BCUT2D eigenvalue weighted by Gasteiger charge is 2.36. The van der Waals surface area contributed by atoms with Crippen molar-refractivity contribution < 1.29 is 4.79 Å². The van der Waals surface area contributed by atoms with Crippen LogP contribution in [0, 0.1) is 19.8 Å². The number of nitrogens with one attached hydrogen (secondary N) is 1. The third-order valence-electron chi connectivity index (χ3n) is 6.94. The molecule has 0 spiro atoms. The standard InChI is InChI=1S/C28H29N3O2S2/c1-18-11-12-23(19(2)13-18)29-27(33)26(21-7-4-3-5-8-21)35-28(34)30-15-20-14-22(17-30)24-9-6-10-25(32)31(24)16-20/h3-13,20,22,26H,14-17H2,1-2H3,(H,29,33)/t20-,22-,26-/m0/s1. The van der Waals surface area contributed by atoms with Crippen LogP contribution in [0.25, 0.3) is 0 Å². The van der Waals surface area contributed by atoms with E-state index in [0.29, 0.717) is 5.92 Å². The van der Waals surface area contributed by atoms with Crippen LogP contribution in [-0.4, -0.2) is 32.8 Å². The first-order valence-electron chi connectivity index (χ1n) is 12.0. The number of hydrogen-bond donors (Lipinski definition) is 1. The Balaban J connectivity index is 1.36. The molecule has 0 radical (unpaired) electrons. The Labute approximate surface area is 215 Å². The molecule has 3 heterocycles. The number of fused-ring (bicyclic) bond motifs is 4. The molecule has 2 aromatic carbocycles. The first kappa shape index (κ1) is 23.8. The van der Waals surface area contributed by atoms with Gasteiger partial charge < -0.3 is 14.8 Å². The molecule has 0 aliphatic carbocycles. The van der Waals surface area contributed by atoms with Crippen molar-refractivity contribution in [1.82, 2.24) is 9.47 Å². The van der Waals surface area contributed by atoms with E-state index in [1.54, 1.807) is 6.07 Å². The van der Waals surface area contributed by atoms with Crippen LogP contribution < -0.4 is 10.9 Å². The summed E-state index contributed by atoms with van der Waals surface area (Å²) >= 11 is 7.36. The van der Waals surface area contributed by atoms with E-state index in [-0.39, 0.29) is 17.4 Å². The number of aryl methyl sites for hydroxylation is 2. The van der Waals surface area contributed by atoms with Gasteiger partial charge in [0, 0.05) is 43.0 Å². The highest BCUT2D eigenvalue weighted by molar-refractivity contribution is 8.23. The zero-order valence-electron chi connectivity index (χ0n) is 19.9. The summed E-state index contributed by atoms with van der Waals surface area (Å²) in [7, 11) is 0. The molecule has 2 aliphatic rings. The molecule has 2 aliphatic heterocycles. The highest BCUT2D eigenvalue weighted by atomic mass is 32.2. The smallest absolute Gasteiger partial charge is 0.250 e. The number of hydrogen-bond acceptors (Lipinski definition) is 4. The summed E-state index contributed by atoms with van der Waals surface area (Å²) in [5.41, 5.74) is 5.12. The molecule has 0 saturated carbocycles. The van der Waals surface area contributed by atoms with Gasteiger partial charge in [0.25, 0.3) is 5.56 Å². The molecule has 5 rings (SSSR count). The number of thiocarbonyl (C=S) groups is 1. The van der Waals surface area contributed by atoms with Gasteiger partial charge in [0.15, 0.2) is 0 Å². The Hall–Kier alpha value is -2.90. The van der Waals surface area contributed by atoms with E-state index >= 15 is 0 Å². The number of benzene rings is 2. The van der Waals surface area contributed by atoms with Gasteiger partial charge in [-0.15, -0.1) is 0 Å². The largest absolute Gasteiger partial charge is 0.356 e. The van der Waals surface area contributed by atoms with Crippen LogP contribution in [0.1, 0.15) is 40.0 Å². The number of likely N-dealkylation sites (tertiary alicyclic amines) is 1. The maximum Gasteiger partial charge on any atom is 0.250 e. The van der Waals surface area contributed by atoms with E-state index in [9.17, 15) is 9.59 Å². The SMILES string of the molecule is Cc1ccc(NC(=O)[C@@H](SC(=S)N2C[C@@H]3C[C@@H](C2)c2cccc(=O)n2C3)c2ccccc2)c(C)c1. The third-order valence-corrected chi connectivity index (χ3v) is 8.67. The van der Waals surface area contributed by atoms with Gasteiger partial charge >= 0.3 is 0 Å². The third kappa shape index (κ3) is 5.07. The lowest BCUT2D eigenvalue weighted by atomic mass is 9.83. The van der Waals surface area contributed by atoms with Crippen molar-refractivity contribution >= 4 is 39.9 Å². The molecular weight excluding hydrogens is 474 g/mol. The van der Waals surface area contributed by atoms with E-state index in [0.717, 1.165) is 58.4 Å². The fourth-order valence-corrected chi connectivity index (χ4v) is 6.67. The van der Waals surface area contributed by atoms with Gasteiger partial charge in [0.1, 0.15) is 9.57 Å². The van der Waals surface area contributed by atoms with E-state index in [1.165, 1.54) is 11.8 Å². The van der Waals surface area contributed by atoms with Crippen molar-refractivity contribution in [1.29, 1.82) is 0 Å². The fraction of sp³-hybridized carbons (Fsp3) is 0.321. The van der Waals surface area contributed by atoms with Crippen molar-refractivity contribution in [2.24, 2.45) is 5.92 Å². The summed E-state index contributed by atoms with van der Waals surface area (Å²) in [6.07, 6.45) is 1.07. The van der Waals surface area contributed by atoms with E-state index in [2.05, 4.69) is 22.3 Å². The van der Waals surface area contributed by atoms with Crippen LogP contribution in [0.15, 0.2) is 71.5 Å². The molecule has 0 unspecified atom stereocenters. The number of aromatic nitrogens is 1. The van der Waals surface area contributed by atoms with Gasteiger partial charge in [-0.2, -0.15) is 0 Å². The van der Waals surface area contributed by atoms with Crippen LogP contribution in [0.4, 0.5) is 5.69 Å². The number of rotatable bonds is 4. The topological polar surface area (TPSA) is 54.3 Å². The quantitative estimate of drug-likeness (QED) is 0.491. The monoisotopic (exact) mass is 503 g/mol. The number of amides is 1. The molecule has 2 bridgehead atoms. The molecule has 1 fully saturated rings.